The molecule has 160 valence electrons. The summed E-state index contributed by atoms with van der Waals surface area (Å²) in [6, 6.07) is 1.75. The van der Waals surface area contributed by atoms with Crippen molar-refractivity contribution < 1.29 is 27.7 Å². The van der Waals surface area contributed by atoms with Gasteiger partial charge in [-0.15, -0.1) is 0 Å². The number of piperazine rings is 1. The van der Waals surface area contributed by atoms with Crippen molar-refractivity contribution in [3.05, 3.63) is 33.9 Å². The van der Waals surface area contributed by atoms with Crippen LogP contribution in [0.25, 0.3) is 0 Å². The Morgan fingerprint density at radius 1 is 1.17 bits per heavy atom. The number of carbonyl (C=O) groups excluding carboxylic acids is 2. The third-order valence-electron chi connectivity index (χ3n) is 4.72. The van der Waals surface area contributed by atoms with Gasteiger partial charge in [0.2, 0.25) is 11.8 Å². The van der Waals surface area contributed by atoms with Crippen molar-refractivity contribution in [3.63, 3.8) is 0 Å². The molecular weight excluding hydrogens is 393 g/mol. The lowest BCUT2D eigenvalue weighted by Crippen LogP contribution is -2.56. The van der Waals surface area contributed by atoms with Crippen LogP contribution < -0.4 is 10.2 Å². The van der Waals surface area contributed by atoms with Gasteiger partial charge >= 0.3 is 6.18 Å². The van der Waals surface area contributed by atoms with Crippen LogP contribution in [-0.2, 0) is 15.8 Å². The number of halogens is 3. The number of nitrogens with zero attached hydrogens (tertiary/aromatic N) is 3. The quantitative estimate of drug-likeness (QED) is 0.588. The summed E-state index contributed by atoms with van der Waals surface area (Å²) in [5.74, 6) is -0.701. The summed E-state index contributed by atoms with van der Waals surface area (Å²) in [6.45, 7) is 5.86. The van der Waals surface area contributed by atoms with E-state index in [4.69, 9.17) is 0 Å². The number of hydrogen-bond acceptors (Lipinski definition) is 5. The van der Waals surface area contributed by atoms with Crippen molar-refractivity contribution in [3.8, 4) is 0 Å². The summed E-state index contributed by atoms with van der Waals surface area (Å²) < 4.78 is 38.6. The highest BCUT2D eigenvalue weighted by Gasteiger charge is 2.35. The molecule has 1 aliphatic heterocycles. The van der Waals surface area contributed by atoms with Crippen LogP contribution in [0.15, 0.2) is 18.2 Å². The first-order chi connectivity index (χ1) is 13.4. The van der Waals surface area contributed by atoms with Crippen molar-refractivity contribution in [2.45, 2.75) is 33.0 Å². The van der Waals surface area contributed by atoms with E-state index in [-0.39, 0.29) is 49.6 Å². The first-order valence-corrected chi connectivity index (χ1v) is 9.08. The van der Waals surface area contributed by atoms with Gasteiger partial charge in [-0.3, -0.25) is 19.7 Å². The molecule has 1 fully saturated rings. The highest BCUT2D eigenvalue weighted by molar-refractivity contribution is 5.87. The van der Waals surface area contributed by atoms with Gasteiger partial charge in [0.1, 0.15) is 11.7 Å². The van der Waals surface area contributed by atoms with Crippen molar-refractivity contribution in [1.29, 1.82) is 0 Å². The molecule has 0 aromatic heterocycles. The first-order valence-electron chi connectivity index (χ1n) is 9.08. The van der Waals surface area contributed by atoms with Gasteiger partial charge in [0, 0.05) is 39.2 Å². The number of hydrogen-bond donors (Lipinski definition) is 1. The minimum atomic E-state index is -4.68. The molecule has 1 unspecified atom stereocenters. The Morgan fingerprint density at radius 2 is 1.76 bits per heavy atom. The second kappa shape index (κ2) is 8.66. The highest BCUT2D eigenvalue weighted by Crippen LogP contribution is 2.36. The topological polar surface area (TPSA) is 95.8 Å². The molecule has 0 saturated carbocycles. The number of alkyl halides is 3. The monoisotopic (exact) mass is 416 g/mol. The largest absolute Gasteiger partial charge is 0.416 e. The van der Waals surface area contributed by atoms with Gasteiger partial charge in [-0.25, -0.2) is 0 Å². The number of benzene rings is 1. The fraction of sp³-hybridized carbons (Fsp3) is 0.556. The number of rotatable bonds is 5. The van der Waals surface area contributed by atoms with E-state index < -0.39 is 28.4 Å². The van der Waals surface area contributed by atoms with Crippen molar-refractivity contribution >= 4 is 23.2 Å². The molecule has 1 aromatic rings. The van der Waals surface area contributed by atoms with Crippen molar-refractivity contribution in [1.82, 2.24) is 10.2 Å². The van der Waals surface area contributed by atoms with Crippen LogP contribution in [-0.4, -0.2) is 53.9 Å². The third kappa shape index (κ3) is 5.36. The summed E-state index contributed by atoms with van der Waals surface area (Å²) in [5.41, 5.74) is -1.63. The molecule has 11 heteroatoms. The molecule has 0 bridgehead atoms. The molecule has 0 spiro atoms. The molecule has 1 N–H and O–H groups in total. The number of nitro benzene ring substituents is 1. The SMILES string of the molecule is CC(=O)NC(C(=O)N1CCN(c2ccc(C(F)(F)F)cc2[N+](=O)[O-])CC1)C(C)C. The van der Waals surface area contributed by atoms with E-state index in [0.29, 0.717) is 6.07 Å². The lowest BCUT2D eigenvalue weighted by molar-refractivity contribution is -0.384. The van der Waals surface area contributed by atoms with Crippen LogP contribution >= 0.6 is 0 Å². The molecule has 1 saturated heterocycles. The molecular formula is C18H23F3N4O4. The van der Waals surface area contributed by atoms with Gasteiger partial charge < -0.3 is 15.1 Å². The molecule has 1 aliphatic rings. The maximum atomic E-state index is 12.9. The summed E-state index contributed by atoms with van der Waals surface area (Å²) in [4.78, 5) is 37.6. The molecule has 0 radical (unpaired) electrons. The molecule has 2 rings (SSSR count). The number of carbonyl (C=O) groups is 2. The third-order valence-corrected chi connectivity index (χ3v) is 4.72. The van der Waals surface area contributed by atoms with Crippen LogP contribution in [0.1, 0.15) is 26.3 Å². The van der Waals surface area contributed by atoms with Gasteiger partial charge in [0.05, 0.1) is 10.5 Å². The standard InChI is InChI=1S/C18H23F3N4O4/c1-11(2)16(22-12(3)26)17(27)24-8-6-23(7-9-24)14-5-4-13(18(19,20)21)10-15(14)25(28)29/h4-5,10-11,16H,6-9H2,1-3H3,(H,22,26). The van der Waals surface area contributed by atoms with E-state index in [0.717, 1.165) is 12.1 Å². The Kier molecular flexibility index (Phi) is 6.70. The van der Waals surface area contributed by atoms with Crippen LogP contribution in [0.3, 0.4) is 0 Å². The van der Waals surface area contributed by atoms with Gasteiger partial charge in [0.25, 0.3) is 5.69 Å². The Labute approximate surface area is 165 Å². The molecule has 8 nitrogen and oxygen atoms in total. The van der Waals surface area contributed by atoms with Crippen LogP contribution in [0.4, 0.5) is 24.5 Å². The number of anilines is 1. The maximum absolute atomic E-state index is 12.9. The zero-order valence-electron chi connectivity index (χ0n) is 16.3. The normalized spacial score (nSPS) is 16.0. The molecule has 1 heterocycles. The van der Waals surface area contributed by atoms with E-state index in [1.165, 1.54) is 6.92 Å². The smallest absolute Gasteiger partial charge is 0.362 e. The summed E-state index contributed by atoms with van der Waals surface area (Å²) in [5, 5.41) is 13.9. The Balaban J connectivity index is 2.15. The van der Waals surface area contributed by atoms with Crippen LogP contribution in [0, 0.1) is 16.0 Å². The average Bonchev–Trinajstić information content (AvgIpc) is 2.64. The Morgan fingerprint density at radius 3 is 2.21 bits per heavy atom. The number of nitrogens with one attached hydrogen (secondary N) is 1. The lowest BCUT2D eigenvalue weighted by Gasteiger charge is -2.38. The average molecular weight is 416 g/mol. The fourth-order valence-corrected chi connectivity index (χ4v) is 3.21. The highest BCUT2D eigenvalue weighted by atomic mass is 19.4. The molecule has 1 aromatic carbocycles. The minimum Gasteiger partial charge on any atom is -0.362 e. The van der Waals surface area contributed by atoms with E-state index in [1.807, 2.05) is 0 Å². The lowest BCUT2D eigenvalue weighted by atomic mass is 10.0. The first kappa shape index (κ1) is 22.4. The molecule has 29 heavy (non-hydrogen) atoms. The number of amides is 2. The van der Waals surface area contributed by atoms with Gasteiger partial charge in [-0.2, -0.15) is 13.2 Å². The summed E-state index contributed by atoms with van der Waals surface area (Å²) >= 11 is 0. The molecule has 2 amide bonds. The van der Waals surface area contributed by atoms with Crippen LogP contribution in [0.2, 0.25) is 0 Å². The summed E-state index contributed by atoms with van der Waals surface area (Å²) in [6.07, 6.45) is -4.68. The van der Waals surface area contributed by atoms with Crippen molar-refractivity contribution in [2.75, 3.05) is 31.1 Å². The zero-order valence-corrected chi connectivity index (χ0v) is 16.3. The van der Waals surface area contributed by atoms with Gasteiger partial charge in [-0.05, 0) is 18.1 Å². The van der Waals surface area contributed by atoms with E-state index >= 15 is 0 Å². The summed E-state index contributed by atoms with van der Waals surface area (Å²) in [7, 11) is 0. The minimum absolute atomic E-state index is 0.0809. The zero-order chi connectivity index (χ0) is 21.9. The van der Waals surface area contributed by atoms with E-state index in [2.05, 4.69) is 5.32 Å². The molecule has 1 atom stereocenters. The van der Waals surface area contributed by atoms with Gasteiger partial charge in [-0.1, -0.05) is 13.8 Å². The van der Waals surface area contributed by atoms with E-state index in [9.17, 15) is 32.9 Å². The second-order valence-corrected chi connectivity index (χ2v) is 7.19. The predicted octanol–water partition coefficient (Wildman–Crippen LogP) is 2.42. The Hall–Kier alpha value is -2.85. The Bertz CT molecular complexity index is 790. The van der Waals surface area contributed by atoms with Gasteiger partial charge in [0.15, 0.2) is 0 Å². The van der Waals surface area contributed by atoms with Crippen molar-refractivity contribution in [2.24, 2.45) is 5.92 Å². The van der Waals surface area contributed by atoms with E-state index in [1.54, 1.807) is 23.6 Å². The fourth-order valence-electron chi connectivity index (χ4n) is 3.21. The number of nitro groups is 1. The molecule has 0 aliphatic carbocycles. The maximum Gasteiger partial charge on any atom is 0.416 e. The second-order valence-electron chi connectivity index (χ2n) is 7.19. The predicted molar refractivity (Wildman–Crippen MR) is 99.3 cm³/mol. The van der Waals surface area contributed by atoms with Crippen LogP contribution in [0.5, 0.6) is 0 Å².